The Balaban J connectivity index is 1.31. The monoisotopic (exact) mass is 561 g/mol. The summed E-state index contributed by atoms with van der Waals surface area (Å²) in [4.78, 5) is 16.8. The lowest BCUT2D eigenvalue weighted by atomic mass is 10.0. The molecule has 0 spiro atoms. The van der Waals surface area contributed by atoms with E-state index in [0.29, 0.717) is 28.4 Å². The van der Waals surface area contributed by atoms with Gasteiger partial charge < -0.3 is 19.7 Å². The first kappa shape index (κ1) is 26.7. The van der Waals surface area contributed by atoms with E-state index >= 15 is 0 Å². The molecule has 39 heavy (non-hydrogen) atoms. The first-order chi connectivity index (χ1) is 19.0. The molecule has 0 saturated heterocycles. The highest BCUT2D eigenvalue weighted by Crippen LogP contribution is 2.38. The van der Waals surface area contributed by atoms with Crippen molar-refractivity contribution in [2.45, 2.75) is 43.1 Å². The maximum Gasteiger partial charge on any atom is 0.298 e. The molecule has 200 valence electrons. The van der Waals surface area contributed by atoms with E-state index in [-0.39, 0.29) is 10.9 Å². The van der Waals surface area contributed by atoms with Gasteiger partial charge in [0.25, 0.3) is 5.03 Å². The van der Waals surface area contributed by atoms with Gasteiger partial charge in [-0.3, -0.25) is 9.69 Å². The minimum Gasteiger partial charge on any atom is -0.538 e. The lowest BCUT2D eigenvalue weighted by Gasteiger charge is -2.26. The second-order valence-electron chi connectivity index (χ2n) is 9.05. The van der Waals surface area contributed by atoms with Gasteiger partial charge in [-0.05, 0) is 52.5 Å². The molecule has 2 aromatic carbocycles. The van der Waals surface area contributed by atoms with Crippen LogP contribution in [0, 0.1) is 11.3 Å². The van der Waals surface area contributed by atoms with Crippen LogP contribution in [0.3, 0.4) is 0 Å². The molecule has 1 aliphatic rings. The van der Waals surface area contributed by atoms with Crippen LogP contribution in [0.1, 0.15) is 34.9 Å². The smallest absolute Gasteiger partial charge is 0.298 e. The van der Waals surface area contributed by atoms with Gasteiger partial charge in [0.15, 0.2) is 5.95 Å². The number of nitriles is 1. The molecule has 0 aliphatic carbocycles. The Morgan fingerprint density at radius 3 is 2.77 bits per heavy atom. The van der Waals surface area contributed by atoms with Crippen molar-refractivity contribution in [1.29, 1.82) is 5.26 Å². The van der Waals surface area contributed by atoms with Gasteiger partial charge in [0.2, 0.25) is 11.6 Å². The first-order valence-corrected chi connectivity index (χ1v) is 14.2. The summed E-state index contributed by atoms with van der Waals surface area (Å²) in [6.45, 7) is 4.28. The minimum absolute atomic E-state index is 0.199. The Hall–Kier alpha value is -3.85. The molecule has 0 bridgehead atoms. The number of thiophene rings is 1. The van der Waals surface area contributed by atoms with Gasteiger partial charge in [-0.1, -0.05) is 37.3 Å². The molecule has 0 radical (unpaired) electrons. The van der Waals surface area contributed by atoms with Crippen molar-refractivity contribution in [2.75, 3.05) is 19.0 Å². The lowest BCUT2D eigenvalue weighted by molar-refractivity contribution is -0.705. The van der Waals surface area contributed by atoms with Crippen LogP contribution >= 0.6 is 23.1 Å². The summed E-state index contributed by atoms with van der Waals surface area (Å²) in [5.41, 5.74) is 3.40. The van der Waals surface area contributed by atoms with E-state index < -0.39 is 11.2 Å². The molecule has 2 aromatic heterocycles. The van der Waals surface area contributed by atoms with Gasteiger partial charge in [0.05, 0.1) is 23.2 Å². The number of nitrogens with one attached hydrogen (secondary N) is 1. The van der Waals surface area contributed by atoms with Gasteiger partial charge in [-0.15, -0.1) is 11.3 Å². The molecule has 9 nitrogen and oxygen atoms in total. The zero-order valence-electron chi connectivity index (χ0n) is 21.5. The Morgan fingerprint density at radius 2 is 2.08 bits per heavy atom. The molecular formula is C28H27N5O4S2. The van der Waals surface area contributed by atoms with E-state index in [2.05, 4.69) is 33.7 Å². The van der Waals surface area contributed by atoms with Crippen molar-refractivity contribution in [2.24, 2.45) is 0 Å². The quantitative estimate of drug-likeness (QED) is 0.240. The maximum absolute atomic E-state index is 13.4. The standard InChI is InChI=1S/C28H27N5O4S2/c1-3-23(39-27-28(35)37-31-33(27)19-9-11-20(36-2)12-10-19)25(34)30-26-22(15-29)21-13-14-32(17-24(21)38-26)16-18-7-5-4-6-8-18/h4-12,23H,3,13-14,16-17H2,1-2H3,(H-,30,31,34,35). The number of hydrogen-bond donors (Lipinski definition) is 1. The topological polar surface area (TPSA) is 118 Å². The molecular weight excluding hydrogens is 534 g/mol. The van der Waals surface area contributed by atoms with Gasteiger partial charge in [-0.25, -0.2) is 0 Å². The summed E-state index contributed by atoms with van der Waals surface area (Å²) in [6, 6.07) is 19.6. The molecule has 1 unspecified atom stereocenters. The van der Waals surface area contributed by atoms with Crippen molar-refractivity contribution in [3.8, 4) is 23.5 Å². The van der Waals surface area contributed by atoms with Gasteiger partial charge >= 0.3 is 0 Å². The summed E-state index contributed by atoms with van der Waals surface area (Å²) in [6.07, 6.45) is 1.22. The van der Waals surface area contributed by atoms with Crippen LogP contribution in [0.15, 0.2) is 64.1 Å². The van der Waals surface area contributed by atoms with E-state index in [4.69, 9.17) is 9.26 Å². The Bertz CT molecular complexity index is 1490. The Morgan fingerprint density at radius 1 is 1.31 bits per heavy atom. The second-order valence-corrected chi connectivity index (χ2v) is 11.3. The number of hydrogen-bond acceptors (Lipinski definition) is 9. The minimum atomic E-state index is -0.620. The number of rotatable bonds is 9. The fourth-order valence-electron chi connectivity index (χ4n) is 4.52. The zero-order valence-corrected chi connectivity index (χ0v) is 23.2. The number of anilines is 1. The molecule has 5 rings (SSSR count). The van der Waals surface area contributed by atoms with E-state index in [1.54, 1.807) is 31.4 Å². The van der Waals surface area contributed by atoms with Crippen LogP contribution in [0.25, 0.3) is 5.69 Å². The fourth-order valence-corrected chi connectivity index (χ4v) is 6.73. The molecule has 0 fully saturated rings. The summed E-state index contributed by atoms with van der Waals surface area (Å²) < 4.78 is 11.5. The van der Waals surface area contributed by atoms with Gasteiger partial charge in [0.1, 0.15) is 16.8 Å². The van der Waals surface area contributed by atoms with Crippen LogP contribution < -0.4 is 19.8 Å². The lowest BCUT2D eigenvalue weighted by Crippen LogP contribution is -2.36. The predicted octanol–water partition coefficient (Wildman–Crippen LogP) is 4.03. The third kappa shape index (κ3) is 5.78. The Kier molecular flexibility index (Phi) is 8.16. The molecule has 1 N–H and O–H groups in total. The molecule has 1 amide bonds. The second kappa shape index (κ2) is 11.9. The number of thioether (sulfide) groups is 1. The number of aromatic nitrogens is 2. The molecule has 3 heterocycles. The highest BCUT2D eigenvalue weighted by atomic mass is 32.2. The van der Waals surface area contributed by atoms with E-state index in [1.807, 2.05) is 25.1 Å². The summed E-state index contributed by atoms with van der Waals surface area (Å²) >= 11 is 2.55. The largest absolute Gasteiger partial charge is 0.538 e. The zero-order chi connectivity index (χ0) is 27.4. The third-order valence-corrected chi connectivity index (χ3v) is 9.07. The molecule has 1 atom stereocenters. The highest BCUT2D eigenvalue weighted by Gasteiger charge is 2.30. The van der Waals surface area contributed by atoms with Crippen LogP contribution in [0.5, 0.6) is 11.7 Å². The van der Waals surface area contributed by atoms with Crippen molar-refractivity contribution in [3.63, 3.8) is 0 Å². The highest BCUT2D eigenvalue weighted by molar-refractivity contribution is 8.00. The van der Waals surface area contributed by atoms with E-state index in [1.165, 1.54) is 21.6 Å². The van der Waals surface area contributed by atoms with Crippen molar-refractivity contribution < 1.29 is 23.8 Å². The van der Waals surface area contributed by atoms with Crippen molar-refractivity contribution in [1.82, 2.24) is 10.2 Å². The SMILES string of the molecule is CCC(Sc1c([O-])on[n+]1-c1ccc(OC)cc1)C(=O)Nc1sc2c(c1C#N)CCN(Cc1ccccc1)C2. The van der Waals surface area contributed by atoms with Crippen LogP contribution in [-0.2, 0) is 24.3 Å². The molecule has 1 aliphatic heterocycles. The number of carbonyl (C=O) groups is 1. The number of benzene rings is 2. The summed E-state index contributed by atoms with van der Waals surface area (Å²) in [7, 11) is 1.57. The summed E-state index contributed by atoms with van der Waals surface area (Å²) in [5.74, 6) is -0.231. The average molecular weight is 562 g/mol. The molecule has 4 aromatic rings. The number of ether oxygens (including phenoxy) is 1. The molecule has 11 heteroatoms. The van der Waals surface area contributed by atoms with Crippen LogP contribution in [0.4, 0.5) is 5.00 Å². The normalized spacial score (nSPS) is 13.9. The predicted molar refractivity (Wildman–Crippen MR) is 146 cm³/mol. The maximum atomic E-state index is 13.4. The Labute approximate surface area is 234 Å². The fraction of sp³-hybridized carbons (Fsp3) is 0.286. The van der Waals surface area contributed by atoms with Gasteiger partial charge in [0, 0.05) is 36.6 Å². The number of amides is 1. The van der Waals surface area contributed by atoms with Crippen LogP contribution in [0.2, 0.25) is 0 Å². The third-order valence-electron chi connectivity index (χ3n) is 6.54. The van der Waals surface area contributed by atoms with Crippen LogP contribution in [-0.4, -0.2) is 35.0 Å². The number of methoxy groups -OCH3 is 1. The van der Waals surface area contributed by atoms with Crippen molar-refractivity contribution >= 4 is 34.0 Å². The first-order valence-electron chi connectivity index (χ1n) is 12.5. The van der Waals surface area contributed by atoms with Gasteiger partial charge in [-0.2, -0.15) is 5.26 Å². The van der Waals surface area contributed by atoms with E-state index in [9.17, 15) is 15.2 Å². The summed E-state index contributed by atoms with van der Waals surface area (Å²) in [5, 5.41) is 29.4. The number of nitrogens with zero attached hydrogens (tertiary/aromatic N) is 4. The average Bonchev–Trinajstić information content (AvgIpc) is 3.50. The van der Waals surface area contributed by atoms with Crippen molar-refractivity contribution in [3.05, 3.63) is 76.2 Å². The molecule has 0 saturated carbocycles. The number of carbonyl (C=O) groups excluding carboxylic acids is 1. The van der Waals surface area contributed by atoms with E-state index in [0.717, 1.165) is 48.3 Å². The number of fused-ring (bicyclic) bond motifs is 1.